The second kappa shape index (κ2) is 13.7. The van der Waals surface area contributed by atoms with Gasteiger partial charge in [0.25, 0.3) is 11.8 Å². The van der Waals surface area contributed by atoms with Gasteiger partial charge in [-0.1, -0.05) is 6.92 Å². The topological polar surface area (TPSA) is 92.4 Å². The van der Waals surface area contributed by atoms with Gasteiger partial charge in [0.15, 0.2) is 5.11 Å². The van der Waals surface area contributed by atoms with Crippen LogP contribution in [0.5, 0.6) is 17.2 Å². The number of ether oxygens (including phenoxy) is 3. The van der Waals surface area contributed by atoms with Crippen molar-refractivity contribution in [2.24, 2.45) is 0 Å². The molecule has 1 aliphatic rings. The lowest BCUT2D eigenvalue weighted by Gasteiger charge is -2.36. The lowest BCUT2D eigenvalue weighted by Crippen LogP contribution is -2.48. The zero-order valence-corrected chi connectivity index (χ0v) is 23.8. The molecule has 1 saturated heterocycles. The molecule has 0 unspecified atom stereocenters. The molecule has 3 aromatic rings. The van der Waals surface area contributed by atoms with Gasteiger partial charge in [-0.2, -0.15) is 0 Å². The SMILES string of the molecule is CCCOc1ccc(C(=O)NC(=S)Nc2ccc(N3CCN(C(=O)c4cc(OC)cc(OC)c4)CC3)cc2)cc1. The fourth-order valence-electron chi connectivity index (χ4n) is 4.30. The van der Waals surface area contributed by atoms with E-state index in [4.69, 9.17) is 26.4 Å². The third kappa shape index (κ3) is 7.41. The molecule has 0 aromatic heterocycles. The molecule has 40 heavy (non-hydrogen) atoms. The number of thiocarbonyl (C=S) groups is 1. The smallest absolute Gasteiger partial charge is 0.257 e. The Bertz CT molecular complexity index is 1300. The lowest BCUT2D eigenvalue weighted by atomic mass is 10.1. The minimum atomic E-state index is -0.295. The Labute approximate surface area is 240 Å². The maximum atomic E-state index is 13.1. The molecule has 4 rings (SSSR count). The van der Waals surface area contributed by atoms with Gasteiger partial charge in [-0.25, -0.2) is 0 Å². The zero-order chi connectivity index (χ0) is 28.5. The molecule has 1 aliphatic heterocycles. The standard InChI is InChI=1S/C30H34N4O5S/c1-4-17-39-25-11-5-21(6-12-25)28(35)32-30(40)31-23-7-9-24(10-8-23)33-13-15-34(16-14-33)29(36)22-18-26(37-2)20-27(19-22)38-3/h5-12,18-20H,4,13-17H2,1-3H3,(H2,31,32,35,40). The van der Waals surface area contributed by atoms with Gasteiger partial charge in [-0.3, -0.25) is 14.9 Å². The number of rotatable bonds is 9. The van der Waals surface area contributed by atoms with E-state index in [9.17, 15) is 9.59 Å². The summed E-state index contributed by atoms with van der Waals surface area (Å²) < 4.78 is 16.2. The van der Waals surface area contributed by atoms with Crippen molar-refractivity contribution in [1.29, 1.82) is 0 Å². The molecule has 2 N–H and O–H groups in total. The maximum absolute atomic E-state index is 13.1. The Kier molecular flexibility index (Phi) is 9.80. The molecule has 210 valence electrons. The molecule has 0 atom stereocenters. The fourth-order valence-corrected chi connectivity index (χ4v) is 4.51. The summed E-state index contributed by atoms with van der Waals surface area (Å²) in [5.74, 6) is 1.55. The first kappa shape index (κ1) is 28.7. The number of methoxy groups -OCH3 is 2. The van der Waals surface area contributed by atoms with Crippen LogP contribution in [0.15, 0.2) is 66.7 Å². The van der Waals surface area contributed by atoms with Crippen LogP contribution in [0.1, 0.15) is 34.1 Å². The first-order valence-electron chi connectivity index (χ1n) is 13.1. The van der Waals surface area contributed by atoms with Crippen molar-refractivity contribution < 1.29 is 23.8 Å². The molecular weight excluding hydrogens is 528 g/mol. The molecule has 0 saturated carbocycles. The summed E-state index contributed by atoms with van der Waals surface area (Å²) in [7, 11) is 3.13. The normalized spacial score (nSPS) is 12.9. The quantitative estimate of drug-likeness (QED) is 0.366. The number of hydrogen-bond donors (Lipinski definition) is 2. The van der Waals surface area contributed by atoms with E-state index < -0.39 is 0 Å². The van der Waals surface area contributed by atoms with Crippen molar-refractivity contribution in [3.8, 4) is 17.2 Å². The predicted octanol–water partition coefficient (Wildman–Crippen LogP) is 4.58. The highest BCUT2D eigenvalue weighted by atomic mass is 32.1. The Hall–Kier alpha value is -4.31. The fraction of sp³-hybridized carbons (Fsp3) is 0.300. The van der Waals surface area contributed by atoms with E-state index in [0.29, 0.717) is 55.4 Å². The number of amides is 2. The van der Waals surface area contributed by atoms with Gasteiger partial charge in [0, 0.05) is 54.7 Å². The predicted molar refractivity (Wildman–Crippen MR) is 160 cm³/mol. The van der Waals surface area contributed by atoms with E-state index in [0.717, 1.165) is 23.5 Å². The molecule has 10 heteroatoms. The zero-order valence-electron chi connectivity index (χ0n) is 22.9. The van der Waals surface area contributed by atoms with E-state index in [1.54, 1.807) is 56.7 Å². The van der Waals surface area contributed by atoms with Crippen molar-refractivity contribution >= 4 is 40.5 Å². The van der Waals surface area contributed by atoms with Crippen LogP contribution in [0.2, 0.25) is 0 Å². The maximum Gasteiger partial charge on any atom is 0.257 e. The summed E-state index contributed by atoms with van der Waals surface area (Å²) >= 11 is 5.33. The van der Waals surface area contributed by atoms with Crippen LogP contribution in [-0.4, -0.2) is 68.8 Å². The second-order valence-corrected chi connectivity index (χ2v) is 9.62. The molecular formula is C30H34N4O5S. The number of nitrogens with one attached hydrogen (secondary N) is 2. The number of carbonyl (C=O) groups excluding carboxylic acids is 2. The highest BCUT2D eigenvalue weighted by Crippen LogP contribution is 2.25. The summed E-state index contributed by atoms with van der Waals surface area (Å²) in [6, 6.07) is 20.0. The van der Waals surface area contributed by atoms with Gasteiger partial charge in [0.05, 0.1) is 20.8 Å². The summed E-state index contributed by atoms with van der Waals surface area (Å²) in [5, 5.41) is 5.97. The minimum Gasteiger partial charge on any atom is -0.497 e. The first-order valence-corrected chi connectivity index (χ1v) is 13.5. The van der Waals surface area contributed by atoms with Gasteiger partial charge in [-0.15, -0.1) is 0 Å². The van der Waals surface area contributed by atoms with Gasteiger partial charge < -0.3 is 29.3 Å². The average molecular weight is 563 g/mol. The average Bonchev–Trinajstić information content (AvgIpc) is 3.00. The van der Waals surface area contributed by atoms with Crippen molar-refractivity contribution in [2.75, 3.05) is 57.2 Å². The summed E-state index contributed by atoms with van der Waals surface area (Å²) in [6.45, 7) is 5.28. The van der Waals surface area contributed by atoms with Crippen molar-refractivity contribution in [3.05, 3.63) is 77.9 Å². The third-order valence-corrected chi connectivity index (χ3v) is 6.68. The van der Waals surface area contributed by atoms with E-state index >= 15 is 0 Å². The number of carbonyl (C=O) groups is 2. The Morgan fingerprint density at radius 3 is 2.02 bits per heavy atom. The number of hydrogen-bond acceptors (Lipinski definition) is 7. The minimum absolute atomic E-state index is 0.0484. The van der Waals surface area contributed by atoms with E-state index in [2.05, 4.69) is 15.5 Å². The second-order valence-electron chi connectivity index (χ2n) is 9.21. The van der Waals surface area contributed by atoms with Crippen LogP contribution in [-0.2, 0) is 0 Å². The van der Waals surface area contributed by atoms with Gasteiger partial charge >= 0.3 is 0 Å². The lowest BCUT2D eigenvalue weighted by molar-refractivity contribution is 0.0745. The Balaban J connectivity index is 1.27. The third-order valence-electron chi connectivity index (χ3n) is 6.47. The van der Waals surface area contributed by atoms with Crippen LogP contribution in [0.3, 0.4) is 0 Å². The highest BCUT2D eigenvalue weighted by Gasteiger charge is 2.23. The highest BCUT2D eigenvalue weighted by molar-refractivity contribution is 7.80. The van der Waals surface area contributed by atoms with Crippen LogP contribution < -0.4 is 29.7 Å². The van der Waals surface area contributed by atoms with Crippen molar-refractivity contribution in [3.63, 3.8) is 0 Å². The molecule has 0 radical (unpaired) electrons. The number of benzene rings is 3. The van der Waals surface area contributed by atoms with Crippen LogP contribution >= 0.6 is 12.2 Å². The molecule has 1 heterocycles. The van der Waals surface area contributed by atoms with Gasteiger partial charge in [0.1, 0.15) is 17.2 Å². The van der Waals surface area contributed by atoms with Crippen molar-refractivity contribution in [1.82, 2.24) is 10.2 Å². The van der Waals surface area contributed by atoms with Crippen LogP contribution in [0, 0.1) is 0 Å². The van der Waals surface area contributed by atoms with E-state index in [-0.39, 0.29) is 16.9 Å². The number of piperazine rings is 1. The molecule has 9 nitrogen and oxygen atoms in total. The summed E-state index contributed by atoms with van der Waals surface area (Å²) in [5.41, 5.74) is 2.84. The van der Waals surface area contributed by atoms with Gasteiger partial charge in [0.2, 0.25) is 0 Å². The van der Waals surface area contributed by atoms with E-state index in [1.165, 1.54) is 0 Å². The Morgan fingerprint density at radius 2 is 1.45 bits per heavy atom. The summed E-state index contributed by atoms with van der Waals surface area (Å²) in [6.07, 6.45) is 0.919. The largest absolute Gasteiger partial charge is 0.497 e. The van der Waals surface area contributed by atoms with E-state index in [1.807, 2.05) is 36.1 Å². The molecule has 0 spiro atoms. The van der Waals surface area contributed by atoms with Crippen molar-refractivity contribution in [2.45, 2.75) is 13.3 Å². The molecule has 1 fully saturated rings. The molecule has 2 amide bonds. The van der Waals surface area contributed by atoms with Crippen LogP contribution in [0.25, 0.3) is 0 Å². The first-order chi connectivity index (χ1) is 19.4. The van der Waals surface area contributed by atoms with Gasteiger partial charge in [-0.05, 0) is 79.3 Å². The summed E-state index contributed by atoms with van der Waals surface area (Å²) in [4.78, 5) is 29.7. The molecule has 3 aromatic carbocycles. The number of nitrogens with zero attached hydrogens (tertiary/aromatic N) is 2. The number of anilines is 2. The monoisotopic (exact) mass is 562 g/mol. The molecule has 0 aliphatic carbocycles. The Morgan fingerprint density at radius 1 is 0.825 bits per heavy atom. The van der Waals surface area contributed by atoms with Crippen LogP contribution in [0.4, 0.5) is 11.4 Å². The molecule has 0 bridgehead atoms.